The lowest BCUT2D eigenvalue weighted by Gasteiger charge is -2.39. The third-order valence-corrected chi connectivity index (χ3v) is 7.58. The second-order valence-corrected chi connectivity index (χ2v) is 10.7. The van der Waals surface area contributed by atoms with Crippen LogP contribution in [0.2, 0.25) is 10.0 Å². The molecule has 5 rings (SSSR count). The lowest BCUT2D eigenvalue weighted by Crippen LogP contribution is -2.42. The highest BCUT2D eigenvalue weighted by atomic mass is 35.5. The molecule has 2 aromatic heterocycles. The minimum atomic E-state index is -0.804. The van der Waals surface area contributed by atoms with E-state index in [-0.39, 0.29) is 12.2 Å². The zero-order chi connectivity index (χ0) is 26.7. The van der Waals surface area contributed by atoms with E-state index in [1.807, 2.05) is 42.5 Å². The molecule has 3 heterocycles. The smallest absolute Gasteiger partial charge is 0.170 e. The summed E-state index contributed by atoms with van der Waals surface area (Å²) in [5, 5.41) is 16.6. The Labute approximate surface area is 232 Å². The van der Waals surface area contributed by atoms with Crippen molar-refractivity contribution in [2.75, 3.05) is 18.0 Å². The number of aromatic nitrogens is 3. The van der Waals surface area contributed by atoms with Crippen LogP contribution in [0.4, 0.5) is 5.82 Å². The molecule has 8 heteroatoms. The summed E-state index contributed by atoms with van der Waals surface area (Å²) in [6.45, 7) is 3.49. The molecule has 4 aromatic rings. The van der Waals surface area contributed by atoms with Crippen molar-refractivity contribution in [3.8, 4) is 5.69 Å². The molecule has 196 valence electrons. The molecule has 2 aromatic carbocycles. The second kappa shape index (κ2) is 11.3. The number of rotatable bonds is 8. The summed E-state index contributed by atoms with van der Waals surface area (Å²) in [6.07, 6.45) is 6.48. The van der Waals surface area contributed by atoms with Crippen molar-refractivity contribution in [3.63, 3.8) is 0 Å². The van der Waals surface area contributed by atoms with Gasteiger partial charge in [0.1, 0.15) is 5.82 Å². The van der Waals surface area contributed by atoms with Crippen LogP contribution in [0.5, 0.6) is 0 Å². The average molecular weight is 550 g/mol. The van der Waals surface area contributed by atoms with Gasteiger partial charge in [0.05, 0.1) is 28.7 Å². The van der Waals surface area contributed by atoms with Crippen molar-refractivity contribution >= 4 is 34.8 Å². The Bertz CT molecular complexity index is 1390. The molecule has 38 heavy (non-hydrogen) atoms. The molecular formula is C30H30Cl2N4O2. The lowest BCUT2D eigenvalue weighted by molar-refractivity contribution is 0.0116. The number of carbonyl (C=O) groups is 1. The molecule has 1 aliphatic rings. The fourth-order valence-electron chi connectivity index (χ4n) is 5.10. The van der Waals surface area contributed by atoms with Crippen molar-refractivity contribution < 1.29 is 9.90 Å². The van der Waals surface area contributed by atoms with Crippen LogP contribution in [0.3, 0.4) is 0 Å². The second-order valence-electron chi connectivity index (χ2n) is 9.80. The Morgan fingerprint density at radius 3 is 2.34 bits per heavy atom. The number of aliphatic hydroxyl groups is 1. The Morgan fingerprint density at radius 2 is 1.71 bits per heavy atom. The third-order valence-electron chi connectivity index (χ3n) is 7.15. The molecule has 1 fully saturated rings. The van der Waals surface area contributed by atoms with Gasteiger partial charge in [0.2, 0.25) is 0 Å². The molecule has 1 saturated heterocycles. The highest BCUT2D eigenvalue weighted by Gasteiger charge is 2.34. The van der Waals surface area contributed by atoms with Crippen LogP contribution in [0, 0.1) is 0 Å². The van der Waals surface area contributed by atoms with Crippen LogP contribution in [-0.4, -0.2) is 38.7 Å². The van der Waals surface area contributed by atoms with E-state index in [0.717, 1.165) is 34.7 Å². The fourth-order valence-corrected chi connectivity index (χ4v) is 5.61. The van der Waals surface area contributed by atoms with Gasteiger partial charge in [-0.1, -0.05) is 72.9 Å². The zero-order valence-corrected chi connectivity index (χ0v) is 22.8. The van der Waals surface area contributed by atoms with Gasteiger partial charge in [-0.05, 0) is 54.7 Å². The van der Waals surface area contributed by atoms with Gasteiger partial charge < -0.3 is 10.0 Å². The SMILES string of the molecule is CCCc1c(C(=O)Cc2ccc(N3CCC(O)(c4ccccc4)CC3)nc2)cnn1-c1cc(Cl)cc(Cl)c1. The molecule has 1 aliphatic heterocycles. The van der Waals surface area contributed by atoms with Gasteiger partial charge in [-0.15, -0.1) is 0 Å². The predicted octanol–water partition coefficient (Wildman–Crippen LogP) is 6.44. The standard InChI is InChI=1S/C30H30Cl2N4O2/c1-2-6-27-26(20-34-36(27)25-17-23(31)16-24(32)18-25)28(37)15-21-9-10-29(33-19-21)35-13-11-30(38,12-14-35)22-7-4-3-5-8-22/h3-5,7-10,16-20,38H,2,6,11-15H2,1H3. The van der Waals surface area contributed by atoms with Crippen molar-refractivity contribution in [3.05, 3.63) is 105 Å². The van der Waals surface area contributed by atoms with Crippen LogP contribution < -0.4 is 4.90 Å². The molecule has 0 unspecified atom stereocenters. The number of carbonyl (C=O) groups excluding carboxylic acids is 1. The maximum absolute atomic E-state index is 13.3. The number of hydrogen-bond donors (Lipinski definition) is 1. The van der Waals surface area contributed by atoms with E-state index < -0.39 is 5.60 Å². The Kier molecular flexibility index (Phi) is 7.84. The minimum Gasteiger partial charge on any atom is -0.385 e. The quantitative estimate of drug-likeness (QED) is 0.256. The van der Waals surface area contributed by atoms with Crippen LogP contribution in [0.1, 0.15) is 53.4 Å². The van der Waals surface area contributed by atoms with Gasteiger partial charge in [-0.25, -0.2) is 9.67 Å². The van der Waals surface area contributed by atoms with Gasteiger partial charge in [0.25, 0.3) is 0 Å². The lowest BCUT2D eigenvalue weighted by atomic mass is 9.84. The Balaban J connectivity index is 1.27. The fraction of sp³-hybridized carbons (Fsp3) is 0.300. The molecule has 0 bridgehead atoms. The monoisotopic (exact) mass is 548 g/mol. The van der Waals surface area contributed by atoms with E-state index >= 15 is 0 Å². The minimum absolute atomic E-state index is 0.00623. The first-order chi connectivity index (χ1) is 18.4. The number of Topliss-reactive ketones (excluding diaryl/α,β-unsaturated/α-hetero) is 1. The Morgan fingerprint density at radius 1 is 1.00 bits per heavy atom. The van der Waals surface area contributed by atoms with E-state index in [0.29, 0.717) is 48.0 Å². The molecule has 1 N–H and O–H groups in total. The predicted molar refractivity (Wildman–Crippen MR) is 152 cm³/mol. The van der Waals surface area contributed by atoms with E-state index in [4.69, 9.17) is 23.2 Å². The summed E-state index contributed by atoms with van der Waals surface area (Å²) in [7, 11) is 0. The largest absolute Gasteiger partial charge is 0.385 e. The summed E-state index contributed by atoms with van der Waals surface area (Å²) in [5.41, 5.74) is 3.18. The van der Waals surface area contributed by atoms with E-state index in [9.17, 15) is 9.90 Å². The summed E-state index contributed by atoms with van der Waals surface area (Å²) >= 11 is 12.4. The highest BCUT2D eigenvalue weighted by Crippen LogP contribution is 2.34. The Hall–Kier alpha value is -3.19. The van der Waals surface area contributed by atoms with Gasteiger partial charge in [0, 0.05) is 35.8 Å². The molecule has 0 spiro atoms. The molecule has 6 nitrogen and oxygen atoms in total. The first-order valence-corrected chi connectivity index (χ1v) is 13.7. The van der Waals surface area contributed by atoms with Gasteiger partial charge in [0.15, 0.2) is 5.78 Å². The molecule has 0 radical (unpaired) electrons. The first-order valence-electron chi connectivity index (χ1n) is 12.9. The first kappa shape index (κ1) is 26.4. The van der Waals surface area contributed by atoms with Crippen molar-refractivity contribution in [2.45, 2.75) is 44.6 Å². The normalized spacial score (nSPS) is 15.0. The number of nitrogens with zero attached hydrogens (tertiary/aromatic N) is 4. The van der Waals surface area contributed by atoms with Crippen molar-refractivity contribution in [1.82, 2.24) is 14.8 Å². The number of halogens is 2. The summed E-state index contributed by atoms with van der Waals surface area (Å²) in [5.74, 6) is 0.849. The molecule has 0 aliphatic carbocycles. The summed E-state index contributed by atoms with van der Waals surface area (Å²) in [4.78, 5) is 20.1. The number of pyridine rings is 1. The number of piperidine rings is 1. The van der Waals surface area contributed by atoms with E-state index in [2.05, 4.69) is 21.9 Å². The maximum atomic E-state index is 13.3. The van der Waals surface area contributed by atoms with Gasteiger partial charge in [-0.2, -0.15) is 5.10 Å². The topological polar surface area (TPSA) is 71.2 Å². The number of benzene rings is 2. The molecule has 0 saturated carbocycles. The van der Waals surface area contributed by atoms with Crippen molar-refractivity contribution in [1.29, 1.82) is 0 Å². The van der Waals surface area contributed by atoms with Gasteiger partial charge in [-0.3, -0.25) is 4.79 Å². The molecular weight excluding hydrogens is 519 g/mol. The van der Waals surface area contributed by atoms with Crippen LogP contribution in [0.15, 0.2) is 73.1 Å². The third kappa shape index (κ3) is 5.63. The number of ketones is 1. The number of hydrogen-bond acceptors (Lipinski definition) is 5. The summed E-state index contributed by atoms with van der Waals surface area (Å²) in [6, 6.07) is 19.0. The average Bonchev–Trinajstić information content (AvgIpc) is 3.34. The van der Waals surface area contributed by atoms with Crippen molar-refractivity contribution in [2.24, 2.45) is 0 Å². The highest BCUT2D eigenvalue weighted by molar-refractivity contribution is 6.34. The van der Waals surface area contributed by atoms with Crippen LogP contribution >= 0.6 is 23.2 Å². The maximum Gasteiger partial charge on any atom is 0.170 e. The van der Waals surface area contributed by atoms with Crippen LogP contribution in [-0.2, 0) is 18.4 Å². The zero-order valence-electron chi connectivity index (χ0n) is 21.3. The number of anilines is 1. The van der Waals surface area contributed by atoms with Gasteiger partial charge >= 0.3 is 0 Å². The van der Waals surface area contributed by atoms with E-state index in [1.165, 1.54) is 0 Å². The van der Waals surface area contributed by atoms with E-state index in [1.54, 1.807) is 35.3 Å². The molecule has 0 amide bonds. The summed E-state index contributed by atoms with van der Waals surface area (Å²) < 4.78 is 1.75. The molecule has 0 atom stereocenters. The van der Waals surface area contributed by atoms with Crippen LogP contribution in [0.25, 0.3) is 5.69 Å².